The Morgan fingerprint density at radius 3 is 2.54 bits per heavy atom. The van der Waals surface area contributed by atoms with E-state index in [1.165, 1.54) is 0 Å². The van der Waals surface area contributed by atoms with E-state index in [4.69, 9.17) is 4.42 Å². The Hall–Kier alpha value is -2.22. The first-order valence-corrected chi connectivity index (χ1v) is 8.35. The van der Waals surface area contributed by atoms with Crippen molar-refractivity contribution in [2.75, 3.05) is 31.1 Å². The number of hydrogen-bond donors (Lipinski definition) is 0. The van der Waals surface area contributed by atoms with Crippen LogP contribution in [-0.4, -0.2) is 51.1 Å². The van der Waals surface area contributed by atoms with Crippen LogP contribution >= 0.6 is 0 Å². The van der Waals surface area contributed by atoms with E-state index >= 15 is 0 Å². The van der Waals surface area contributed by atoms with Crippen LogP contribution < -0.4 is 10.5 Å². The third-order valence-electron chi connectivity index (χ3n) is 4.01. The summed E-state index contributed by atoms with van der Waals surface area (Å²) >= 11 is 0. The highest BCUT2D eigenvalue weighted by Crippen LogP contribution is 2.13. The highest BCUT2D eigenvalue weighted by molar-refractivity contribution is 5.37. The van der Waals surface area contributed by atoms with Crippen LogP contribution in [0.3, 0.4) is 0 Å². The van der Waals surface area contributed by atoms with Gasteiger partial charge in [-0.3, -0.25) is 9.69 Å². The maximum atomic E-state index is 11.9. The fourth-order valence-corrected chi connectivity index (χ4v) is 2.81. The Balaban J connectivity index is 1.61. The van der Waals surface area contributed by atoms with Gasteiger partial charge in [-0.1, -0.05) is 13.8 Å². The molecule has 0 spiro atoms. The van der Waals surface area contributed by atoms with E-state index in [2.05, 4.69) is 38.9 Å². The molecule has 0 aromatic carbocycles. The van der Waals surface area contributed by atoms with Gasteiger partial charge in [0, 0.05) is 45.7 Å². The summed E-state index contributed by atoms with van der Waals surface area (Å²) in [5, 5.41) is 12.4. The van der Waals surface area contributed by atoms with Crippen molar-refractivity contribution in [2.45, 2.75) is 33.9 Å². The molecular formula is C16H24N6O2. The minimum absolute atomic E-state index is 0.0437. The van der Waals surface area contributed by atoms with Crippen LogP contribution in [0.2, 0.25) is 0 Å². The van der Waals surface area contributed by atoms with Crippen molar-refractivity contribution in [1.82, 2.24) is 24.9 Å². The van der Waals surface area contributed by atoms with Gasteiger partial charge in [0.2, 0.25) is 11.8 Å². The van der Waals surface area contributed by atoms with E-state index in [0.717, 1.165) is 32.0 Å². The summed E-state index contributed by atoms with van der Waals surface area (Å²) in [4.78, 5) is 16.4. The van der Waals surface area contributed by atoms with E-state index in [1.807, 2.05) is 6.07 Å². The van der Waals surface area contributed by atoms with Crippen molar-refractivity contribution in [2.24, 2.45) is 5.92 Å². The minimum Gasteiger partial charge on any atom is -0.424 e. The molecule has 0 unspecified atom stereocenters. The monoisotopic (exact) mass is 332 g/mol. The number of anilines is 1. The van der Waals surface area contributed by atoms with Gasteiger partial charge in [0.25, 0.3) is 5.56 Å². The zero-order valence-electron chi connectivity index (χ0n) is 14.5. The van der Waals surface area contributed by atoms with E-state index in [0.29, 0.717) is 30.8 Å². The summed E-state index contributed by atoms with van der Waals surface area (Å²) in [6.45, 7) is 10.8. The molecular weight excluding hydrogens is 308 g/mol. The van der Waals surface area contributed by atoms with Crippen LogP contribution in [0.4, 0.5) is 5.82 Å². The van der Waals surface area contributed by atoms with Crippen LogP contribution in [0, 0.1) is 12.8 Å². The zero-order chi connectivity index (χ0) is 17.1. The lowest BCUT2D eigenvalue weighted by molar-refractivity contribution is 0.224. The molecule has 1 saturated heterocycles. The SMILES string of the molecule is Cc1nnc(CN2CCN(c3ccc(=O)n(CC(C)C)n3)CC2)o1. The first-order valence-electron chi connectivity index (χ1n) is 8.35. The second-order valence-electron chi connectivity index (χ2n) is 6.58. The molecule has 1 fully saturated rings. The Labute approximate surface area is 141 Å². The maximum absolute atomic E-state index is 11.9. The summed E-state index contributed by atoms with van der Waals surface area (Å²) in [5.41, 5.74) is -0.0437. The molecule has 0 bridgehead atoms. The largest absolute Gasteiger partial charge is 0.424 e. The predicted octanol–water partition coefficient (Wildman–Crippen LogP) is 0.913. The molecule has 130 valence electrons. The second kappa shape index (κ2) is 7.12. The van der Waals surface area contributed by atoms with Gasteiger partial charge >= 0.3 is 0 Å². The number of piperazine rings is 1. The summed E-state index contributed by atoms with van der Waals surface area (Å²) in [7, 11) is 0. The standard InChI is InChI=1S/C16H24N6O2/c1-12(2)10-22-16(23)5-4-14(19-22)21-8-6-20(7-9-21)11-15-18-17-13(3)24-15/h4-5,12H,6-11H2,1-3H3. The van der Waals surface area contributed by atoms with Crippen molar-refractivity contribution in [1.29, 1.82) is 0 Å². The molecule has 0 amide bonds. The highest BCUT2D eigenvalue weighted by Gasteiger charge is 2.20. The third-order valence-corrected chi connectivity index (χ3v) is 4.01. The van der Waals surface area contributed by atoms with Crippen LogP contribution in [0.1, 0.15) is 25.6 Å². The fraction of sp³-hybridized carbons (Fsp3) is 0.625. The lowest BCUT2D eigenvalue weighted by Gasteiger charge is -2.34. The summed E-state index contributed by atoms with van der Waals surface area (Å²) < 4.78 is 7.00. The molecule has 0 aliphatic carbocycles. The summed E-state index contributed by atoms with van der Waals surface area (Å²) in [5.74, 6) is 2.51. The number of aromatic nitrogens is 4. The average molecular weight is 332 g/mol. The molecule has 3 heterocycles. The molecule has 0 N–H and O–H groups in total. The van der Waals surface area contributed by atoms with Crippen LogP contribution in [-0.2, 0) is 13.1 Å². The molecule has 0 atom stereocenters. The van der Waals surface area contributed by atoms with Gasteiger partial charge in [-0.25, -0.2) is 4.68 Å². The predicted molar refractivity (Wildman–Crippen MR) is 89.9 cm³/mol. The number of aryl methyl sites for hydroxylation is 1. The topological polar surface area (TPSA) is 80.3 Å². The first kappa shape index (κ1) is 16.6. The highest BCUT2D eigenvalue weighted by atomic mass is 16.4. The normalized spacial score (nSPS) is 16.1. The average Bonchev–Trinajstić information content (AvgIpc) is 2.95. The van der Waals surface area contributed by atoms with Gasteiger partial charge in [0.15, 0.2) is 0 Å². The number of rotatable bonds is 5. The van der Waals surface area contributed by atoms with E-state index in [-0.39, 0.29) is 5.56 Å². The van der Waals surface area contributed by atoms with Gasteiger partial charge in [-0.2, -0.15) is 5.10 Å². The quantitative estimate of drug-likeness (QED) is 0.805. The molecule has 0 saturated carbocycles. The maximum Gasteiger partial charge on any atom is 0.266 e. The van der Waals surface area contributed by atoms with Crippen LogP contribution in [0.5, 0.6) is 0 Å². The van der Waals surface area contributed by atoms with Gasteiger partial charge in [-0.15, -0.1) is 10.2 Å². The molecule has 2 aromatic rings. The Morgan fingerprint density at radius 2 is 1.92 bits per heavy atom. The van der Waals surface area contributed by atoms with Gasteiger partial charge in [-0.05, 0) is 12.0 Å². The fourth-order valence-electron chi connectivity index (χ4n) is 2.81. The second-order valence-corrected chi connectivity index (χ2v) is 6.58. The lowest BCUT2D eigenvalue weighted by Crippen LogP contribution is -2.46. The van der Waals surface area contributed by atoms with Gasteiger partial charge in [0.05, 0.1) is 6.54 Å². The molecule has 0 radical (unpaired) electrons. The summed E-state index contributed by atoms with van der Waals surface area (Å²) in [6, 6.07) is 3.43. The van der Waals surface area contributed by atoms with E-state index < -0.39 is 0 Å². The Morgan fingerprint density at radius 1 is 1.17 bits per heavy atom. The van der Waals surface area contributed by atoms with Crippen molar-refractivity contribution in [3.63, 3.8) is 0 Å². The van der Waals surface area contributed by atoms with Crippen molar-refractivity contribution in [3.8, 4) is 0 Å². The molecule has 3 rings (SSSR count). The molecule has 8 heteroatoms. The Bertz CT molecular complexity index is 730. The van der Waals surface area contributed by atoms with Gasteiger partial charge in [0.1, 0.15) is 5.82 Å². The number of nitrogens with zero attached hydrogens (tertiary/aromatic N) is 6. The lowest BCUT2D eigenvalue weighted by atomic mass is 10.2. The van der Waals surface area contributed by atoms with Crippen molar-refractivity contribution < 1.29 is 4.42 Å². The molecule has 24 heavy (non-hydrogen) atoms. The van der Waals surface area contributed by atoms with Crippen molar-refractivity contribution in [3.05, 3.63) is 34.3 Å². The van der Waals surface area contributed by atoms with Crippen LogP contribution in [0.25, 0.3) is 0 Å². The zero-order valence-corrected chi connectivity index (χ0v) is 14.5. The minimum atomic E-state index is -0.0437. The van der Waals surface area contributed by atoms with Crippen LogP contribution in [0.15, 0.2) is 21.3 Å². The molecule has 1 aliphatic heterocycles. The van der Waals surface area contributed by atoms with Gasteiger partial charge < -0.3 is 9.32 Å². The van der Waals surface area contributed by atoms with Crippen molar-refractivity contribution >= 4 is 5.82 Å². The number of hydrogen-bond acceptors (Lipinski definition) is 7. The van der Waals surface area contributed by atoms with E-state index in [1.54, 1.807) is 17.7 Å². The molecule has 1 aliphatic rings. The molecule has 2 aromatic heterocycles. The van der Waals surface area contributed by atoms with E-state index in [9.17, 15) is 4.79 Å². The smallest absolute Gasteiger partial charge is 0.266 e. The summed E-state index contributed by atoms with van der Waals surface area (Å²) in [6.07, 6.45) is 0. The first-order chi connectivity index (χ1) is 11.5. The molecule has 8 nitrogen and oxygen atoms in total. The Kier molecular flexibility index (Phi) is 4.94. The third kappa shape index (κ3) is 4.00.